The molecular formula is C25H27N3O5. The summed E-state index contributed by atoms with van der Waals surface area (Å²) in [5.74, 6) is -3.65. The fraction of sp³-hybridized carbons (Fsp3) is 0.280. The topological polar surface area (TPSA) is 110 Å². The third kappa shape index (κ3) is 5.18. The van der Waals surface area contributed by atoms with Crippen molar-refractivity contribution in [1.82, 2.24) is 9.88 Å². The lowest BCUT2D eigenvalue weighted by atomic mass is 10.1. The minimum atomic E-state index is -1.82. The maximum atomic E-state index is 9.10. The zero-order valence-corrected chi connectivity index (χ0v) is 18.5. The van der Waals surface area contributed by atoms with E-state index in [0.717, 1.165) is 44.7 Å². The molecule has 2 aromatic carbocycles. The molecule has 0 radical (unpaired) electrons. The summed E-state index contributed by atoms with van der Waals surface area (Å²) < 4.78 is 5.75. The van der Waals surface area contributed by atoms with E-state index in [0.29, 0.717) is 0 Å². The Morgan fingerprint density at radius 1 is 1.00 bits per heavy atom. The van der Waals surface area contributed by atoms with Gasteiger partial charge in [0.05, 0.1) is 6.26 Å². The quantitative estimate of drug-likeness (QED) is 0.407. The van der Waals surface area contributed by atoms with Crippen molar-refractivity contribution < 1.29 is 24.2 Å². The van der Waals surface area contributed by atoms with E-state index in [2.05, 4.69) is 64.2 Å². The summed E-state index contributed by atoms with van der Waals surface area (Å²) in [7, 11) is 0. The molecule has 1 fully saturated rings. The predicted molar refractivity (Wildman–Crippen MR) is 127 cm³/mol. The molecule has 0 saturated carbocycles. The highest BCUT2D eigenvalue weighted by molar-refractivity contribution is 6.27. The maximum Gasteiger partial charge on any atom is 0.414 e. The molecule has 33 heavy (non-hydrogen) atoms. The van der Waals surface area contributed by atoms with E-state index in [-0.39, 0.29) is 0 Å². The van der Waals surface area contributed by atoms with Crippen LogP contribution in [0.3, 0.4) is 0 Å². The highest BCUT2D eigenvalue weighted by Gasteiger charge is 2.19. The average Bonchev–Trinajstić information content (AvgIpc) is 3.45. The van der Waals surface area contributed by atoms with Crippen molar-refractivity contribution in [2.75, 3.05) is 37.6 Å². The van der Waals surface area contributed by atoms with Crippen LogP contribution in [0.15, 0.2) is 59.3 Å². The van der Waals surface area contributed by atoms with Gasteiger partial charge in [0.25, 0.3) is 0 Å². The van der Waals surface area contributed by atoms with E-state index < -0.39 is 11.9 Å². The molecule has 4 aromatic rings. The van der Waals surface area contributed by atoms with Crippen LogP contribution in [0, 0.1) is 6.92 Å². The first-order chi connectivity index (χ1) is 15.9. The summed E-state index contributed by atoms with van der Waals surface area (Å²) in [6, 6.07) is 15.2. The first kappa shape index (κ1) is 22.4. The van der Waals surface area contributed by atoms with Gasteiger partial charge in [0.1, 0.15) is 5.58 Å². The molecule has 0 spiro atoms. The smallest absolute Gasteiger partial charge is 0.414 e. The van der Waals surface area contributed by atoms with Crippen LogP contribution in [-0.2, 0) is 16.0 Å². The Morgan fingerprint density at radius 3 is 2.48 bits per heavy atom. The molecule has 1 aliphatic heterocycles. The molecule has 0 aliphatic carbocycles. The molecule has 0 unspecified atom stereocenters. The summed E-state index contributed by atoms with van der Waals surface area (Å²) in [5.41, 5.74) is 6.15. The van der Waals surface area contributed by atoms with Crippen LogP contribution in [0.2, 0.25) is 0 Å². The monoisotopic (exact) mass is 449 g/mol. The highest BCUT2D eigenvalue weighted by atomic mass is 16.4. The summed E-state index contributed by atoms with van der Waals surface area (Å²) in [6.07, 6.45) is 5.01. The van der Waals surface area contributed by atoms with Gasteiger partial charge >= 0.3 is 11.9 Å². The Kier molecular flexibility index (Phi) is 6.65. The number of benzene rings is 2. The van der Waals surface area contributed by atoms with E-state index in [1.54, 1.807) is 0 Å². The largest absolute Gasteiger partial charge is 0.473 e. The zero-order valence-electron chi connectivity index (χ0n) is 18.5. The number of furan rings is 1. The lowest BCUT2D eigenvalue weighted by Crippen LogP contribution is -2.47. The number of H-pyrrole nitrogens is 1. The first-order valence-corrected chi connectivity index (χ1v) is 10.9. The zero-order chi connectivity index (χ0) is 23.4. The van der Waals surface area contributed by atoms with Gasteiger partial charge in [-0.1, -0.05) is 18.2 Å². The van der Waals surface area contributed by atoms with Gasteiger partial charge in [-0.05, 0) is 48.7 Å². The van der Waals surface area contributed by atoms with Crippen LogP contribution in [0.4, 0.5) is 5.69 Å². The minimum Gasteiger partial charge on any atom is -0.473 e. The normalized spacial score (nSPS) is 14.3. The Labute approximate surface area is 191 Å². The van der Waals surface area contributed by atoms with Crippen molar-refractivity contribution in [2.24, 2.45) is 0 Å². The highest BCUT2D eigenvalue weighted by Crippen LogP contribution is 2.27. The number of aromatic nitrogens is 1. The van der Waals surface area contributed by atoms with E-state index in [1.165, 1.54) is 33.1 Å². The van der Waals surface area contributed by atoms with E-state index in [1.807, 2.05) is 12.5 Å². The number of carboxylic acids is 2. The Balaban J connectivity index is 0.000000385. The third-order valence-electron chi connectivity index (χ3n) is 5.98. The van der Waals surface area contributed by atoms with E-state index in [4.69, 9.17) is 24.2 Å². The number of aromatic amines is 1. The molecule has 8 heteroatoms. The lowest BCUT2D eigenvalue weighted by molar-refractivity contribution is -0.159. The molecule has 3 N–H and O–H groups in total. The van der Waals surface area contributed by atoms with Crippen LogP contribution in [0.25, 0.3) is 21.9 Å². The molecule has 8 nitrogen and oxygen atoms in total. The number of nitrogens with zero attached hydrogens (tertiary/aromatic N) is 2. The predicted octanol–water partition coefficient (Wildman–Crippen LogP) is 3.74. The average molecular weight is 450 g/mol. The number of hydrogen-bond donors (Lipinski definition) is 3. The number of fused-ring (bicyclic) bond motifs is 2. The minimum absolute atomic E-state index is 1.01. The second-order valence-corrected chi connectivity index (χ2v) is 8.17. The third-order valence-corrected chi connectivity index (χ3v) is 5.98. The number of carbonyl (C=O) groups is 2. The fourth-order valence-corrected chi connectivity index (χ4v) is 4.22. The molecule has 5 rings (SSSR count). The number of anilines is 1. The SMILES string of the molecule is Cc1ccc2c(CCN3CCN(c4cccc5[nH]ccc45)CC3)coc2c1.O=C(O)C(=O)O. The molecule has 3 heterocycles. The van der Waals surface area contributed by atoms with Crippen LogP contribution < -0.4 is 4.90 Å². The lowest BCUT2D eigenvalue weighted by Gasteiger charge is -2.36. The summed E-state index contributed by atoms with van der Waals surface area (Å²) >= 11 is 0. The standard InChI is InChI=1S/C23H25N3O.C2H2O4/c1-17-5-6-19-18(16-27-23(19)15-17)8-10-25-11-13-26(14-12-25)22-4-2-3-21-20(22)7-9-24-21;3-1(4)2(5)6/h2-7,9,15-16,24H,8,10-14H2,1H3;(H,3,4)(H,5,6). The van der Waals surface area contributed by atoms with Crippen LogP contribution in [-0.4, -0.2) is 64.8 Å². The van der Waals surface area contributed by atoms with Crippen molar-refractivity contribution in [3.63, 3.8) is 0 Å². The molecule has 0 bridgehead atoms. The number of nitrogens with one attached hydrogen (secondary N) is 1. The van der Waals surface area contributed by atoms with Gasteiger partial charge in [0.2, 0.25) is 0 Å². The number of piperazine rings is 1. The summed E-state index contributed by atoms with van der Waals surface area (Å²) in [5, 5.41) is 17.4. The molecule has 1 aliphatic rings. The van der Waals surface area contributed by atoms with Gasteiger partial charge in [0.15, 0.2) is 0 Å². The fourth-order valence-electron chi connectivity index (χ4n) is 4.22. The van der Waals surface area contributed by atoms with Gasteiger partial charge in [-0.15, -0.1) is 0 Å². The van der Waals surface area contributed by atoms with E-state index >= 15 is 0 Å². The van der Waals surface area contributed by atoms with Crippen LogP contribution in [0.1, 0.15) is 11.1 Å². The number of aryl methyl sites for hydroxylation is 1. The van der Waals surface area contributed by atoms with Crippen molar-refractivity contribution >= 4 is 39.5 Å². The van der Waals surface area contributed by atoms with Gasteiger partial charge in [-0.25, -0.2) is 9.59 Å². The van der Waals surface area contributed by atoms with Crippen LogP contribution in [0.5, 0.6) is 0 Å². The maximum absolute atomic E-state index is 9.10. The summed E-state index contributed by atoms with van der Waals surface area (Å²) in [4.78, 5) is 26.6. The van der Waals surface area contributed by atoms with Gasteiger partial charge in [-0.3, -0.25) is 4.90 Å². The molecule has 172 valence electrons. The second kappa shape index (κ2) is 9.79. The molecule has 0 amide bonds. The Hall–Kier alpha value is -3.78. The molecule has 0 atom stereocenters. The number of aliphatic carboxylic acids is 2. The molecule has 1 saturated heterocycles. The Morgan fingerprint density at radius 2 is 1.76 bits per heavy atom. The number of hydrogen-bond acceptors (Lipinski definition) is 5. The van der Waals surface area contributed by atoms with Crippen LogP contribution >= 0.6 is 0 Å². The molecule has 2 aromatic heterocycles. The van der Waals surface area contributed by atoms with Gasteiger partial charge in [-0.2, -0.15) is 0 Å². The number of carboxylic acid groups (broad SMARTS) is 2. The Bertz CT molecular complexity index is 1260. The molecular weight excluding hydrogens is 422 g/mol. The summed E-state index contributed by atoms with van der Waals surface area (Å²) in [6.45, 7) is 7.57. The van der Waals surface area contributed by atoms with Crippen molar-refractivity contribution in [3.05, 3.63) is 66.1 Å². The van der Waals surface area contributed by atoms with E-state index in [9.17, 15) is 0 Å². The van der Waals surface area contributed by atoms with Gasteiger partial charge < -0.3 is 24.5 Å². The van der Waals surface area contributed by atoms with Crippen molar-refractivity contribution in [3.8, 4) is 0 Å². The van der Waals surface area contributed by atoms with Crippen molar-refractivity contribution in [2.45, 2.75) is 13.3 Å². The number of rotatable bonds is 4. The second-order valence-electron chi connectivity index (χ2n) is 8.17. The van der Waals surface area contributed by atoms with Gasteiger partial charge in [0, 0.05) is 60.9 Å². The first-order valence-electron chi connectivity index (χ1n) is 10.9. The van der Waals surface area contributed by atoms with Crippen molar-refractivity contribution in [1.29, 1.82) is 0 Å².